The van der Waals surface area contributed by atoms with E-state index in [0.29, 0.717) is 0 Å². The molecule has 102 valence electrons. The lowest BCUT2D eigenvalue weighted by Crippen LogP contribution is -2.23. The third-order valence-corrected chi connectivity index (χ3v) is 3.94. The van der Waals surface area contributed by atoms with Gasteiger partial charge in [0.25, 0.3) is 0 Å². The summed E-state index contributed by atoms with van der Waals surface area (Å²) >= 11 is 3.60. The van der Waals surface area contributed by atoms with Gasteiger partial charge in [0.2, 0.25) is 0 Å². The fourth-order valence-electron chi connectivity index (χ4n) is 2.37. The van der Waals surface area contributed by atoms with Crippen LogP contribution in [0.4, 0.5) is 0 Å². The average molecular weight is 323 g/mol. The number of pyridine rings is 1. The minimum absolute atomic E-state index is 0.120. The summed E-state index contributed by atoms with van der Waals surface area (Å²) in [4.78, 5) is 4.22. The predicted molar refractivity (Wildman–Crippen MR) is 80.1 cm³/mol. The van der Waals surface area contributed by atoms with Crippen molar-refractivity contribution in [2.75, 3.05) is 7.05 Å². The molecule has 0 aliphatic rings. The van der Waals surface area contributed by atoms with Crippen molar-refractivity contribution in [1.82, 2.24) is 20.1 Å². The van der Waals surface area contributed by atoms with E-state index in [0.717, 1.165) is 23.1 Å². The predicted octanol–water partition coefficient (Wildman–Crippen LogP) is 2.93. The molecule has 19 heavy (non-hydrogen) atoms. The maximum Gasteiger partial charge on any atom is 0.0761 e. The molecule has 2 rings (SSSR count). The van der Waals surface area contributed by atoms with Crippen molar-refractivity contribution in [1.29, 1.82) is 0 Å². The average Bonchev–Trinajstić information content (AvgIpc) is 2.82. The Morgan fingerprint density at radius 2 is 2.16 bits per heavy atom. The van der Waals surface area contributed by atoms with E-state index in [4.69, 9.17) is 0 Å². The van der Waals surface area contributed by atoms with Gasteiger partial charge < -0.3 is 5.32 Å². The molecule has 2 aromatic rings. The number of aryl methyl sites for hydroxylation is 2. The summed E-state index contributed by atoms with van der Waals surface area (Å²) < 4.78 is 3.05. The Bertz CT molecular complexity index is 550. The molecule has 0 aromatic carbocycles. The maximum absolute atomic E-state index is 4.40. The van der Waals surface area contributed by atoms with Crippen LogP contribution in [0.2, 0.25) is 0 Å². The van der Waals surface area contributed by atoms with Crippen LogP contribution >= 0.6 is 15.9 Å². The van der Waals surface area contributed by atoms with Gasteiger partial charge in [0.15, 0.2) is 0 Å². The molecule has 1 N–H and O–H groups in total. The van der Waals surface area contributed by atoms with E-state index in [1.54, 1.807) is 0 Å². The topological polar surface area (TPSA) is 42.7 Å². The number of hydrogen-bond acceptors (Lipinski definition) is 3. The molecule has 4 nitrogen and oxygen atoms in total. The Morgan fingerprint density at radius 3 is 2.79 bits per heavy atom. The first-order chi connectivity index (χ1) is 9.22. The van der Waals surface area contributed by atoms with Crippen LogP contribution in [0.3, 0.4) is 0 Å². The number of nitrogens with zero attached hydrogens (tertiary/aromatic N) is 3. The number of nitrogens with one attached hydrogen (secondary N) is 1. The molecule has 1 atom stereocenters. The molecule has 0 radical (unpaired) electrons. The van der Waals surface area contributed by atoms with Gasteiger partial charge in [0, 0.05) is 18.9 Å². The van der Waals surface area contributed by atoms with Crippen LogP contribution in [-0.2, 0) is 13.0 Å². The Kier molecular flexibility index (Phi) is 4.71. The number of aromatic nitrogens is 3. The molecular formula is C14H19BrN4. The monoisotopic (exact) mass is 322 g/mol. The standard InChI is InChI=1S/C14H19BrN4/c1-4-10-8-17-7-6-11(10)13(16-3)14-12(15)9-18-19(14)5-2/h6-9,13,16H,4-5H2,1-3H3. The summed E-state index contributed by atoms with van der Waals surface area (Å²) in [5, 5.41) is 7.79. The van der Waals surface area contributed by atoms with Gasteiger partial charge in [-0.15, -0.1) is 0 Å². The lowest BCUT2D eigenvalue weighted by Gasteiger charge is -2.21. The minimum atomic E-state index is 0.120. The SMILES string of the molecule is CCc1cnccc1C(NC)c1c(Br)cnn1CC. The molecule has 0 aliphatic heterocycles. The highest BCUT2D eigenvalue weighted by molar-refractivity contribution is 9.10. The van der Waals surface area contributed by atoms with Gasteiger partial charge in [-0.1, -0.05) is 6.92 Å². The summed E-state index contributed by atoms with van der Waals surface area (Å²) in [5.74, 6) is 0. The molecular weight excluding hydrogens is 304 g/mol. The van der Waals surface area contributed by atoms with Gasteiger partial charge >= 0.3 is 0 Å². The fraction of sp³-hybridized carbons (Fsp3) is 0.429. The lowest BCUT2D eigenvalue weighted by molar-refractivity contribution is 0.559. The van der Waals surface area contributed by atoms with Crippen LogP contribution in [0.15, 0.2) is 29.1 Å². The second-order valence-electron chi connectivity index (χ2n) is 4.34. The molecule has 1 unspecified atom stereocenters. The molecule has 0 saturated carbocycles. The van der Waals surface area contributed by atoms with Crippen molar-refractivity contribution < 1.29 is 0 Å². The summed E-state index contributed by atoms with van der Waals surface area (Å²) in [6.07, 6.45) is 6.62. The van der Waals surface area contributed by atoms with Crippen LogP contribution in [0.5, 0.6) is 0 Å². The summed E-state index contributed by atoms with van der Waals surface area (Å²) in [6.45, 7) is 5.11. The van der Waals surface area contributed by atoms with Crippen LogP contribution < -0.4 is 5.32 Å². The molecule has 0 saturated heterocycles. The Hall–Kier alpha value is -1.20. The Morgan fingerprint density at radius 1 is 1.37 bits per heavy atom. The van der Waals surface area contributed by atoms with E-state index in [2.05, 4.69) is 51.2 Å². The number of rotatable bonds is 5. The number of hydrogen-bond donors (Lipinski definition) is 1. The molecule has 2 aromatic heterocycles. The fourth-order valence-corrected chi connectivity index (χ4v) is 2.89. The maximum atomic E-state index is 4.40. The van der Waals surface area contributed by atoms with Gasteiger partial charge in [-0.05, 0) is 53.5 Å². The van der Waals surface area contributed by atoms with Crippen molar-refractivity contribution in [3.05, 3.63) is 46.0 Å². The van der Waals surface area contributed by atoms with Gasteiger partial charge in [0.05, 0.1) is 22.4 Å². The Balaban J connectivity index is 2.53. The van der Waals surface area contributed by atoms with Crippen LogP contribution in [0, 0.1) is 0 Å². The largest absolute Gasteiger partial charge is 0.308 e. The van der Waals surface area contributed by atoms with Gasteiger partial charge in [-0.2, -0.15) is 5.10 Å². The molecule has 0 aliphatic carbocycles. The quantitative estimate of drug-likeness (QED) is 0.920. The molecule has 0 amide bonds. The van der Waals surface area contributed by atoms with Crippen molar-refractivity contribution in [3.63, 3.8) is 0 Å². The van der Waals surface area contributed by atoms with E-state index in [9.17, 15) is 0 Å². The minimum Gasteiger partial charge on any atom is -0.308 e. The normalized spacial score (nSPS) is 12.6. The molecule has 0 fully saturated rings. The summed E-state index contributed by atoms with van der Waals surface area (Å²) in [6, 6.07) is 2.20. The number of halogens is 1. The molecule has 0 spiro atoms. The Labute approximate surface area is 122 Å². The van der Waals surface area contributed by atoms with Crippen LogP contribution in [0.1, 0.15) is 36.7 Å². The summed E-state index contributed by atoms with van der Waals surface area (Å²) in [7, 11) is 1.98. The van der Waals surface area contributed by atoms with E-state index >= 15 is 0 Å². The van der Waals surface area contributed by atoms with Crippen LogP contribution in [0.25, 0.3) is 0 Å². The zero-order valence-corrected chi connectivity index (χ0v) is 13.1. The zero-order valence-electron chi connectivity index (χ0n) is 11.5. The first kappa shape index (κ1) is 14.2. The van der Waals surface area contributed by atoms with Crippen molar-refractivity contribution >= 4 is 15.9 Å². The molecule has 0 bridgehead atoms. The van der Waals surface area contributed by atoms with Crippen LogP contribution in [-0.4, -0.2) is 21.8 Å². The van der Waals surface area contributed by atoms with E-state index in [1.807, 2.05) is 30.3 Å². The van der Waals surface area contributed by atoms with Gasteiger partial charge in [-0.3, -0.25) is 9.67 Å². The van der Waals surface area contributed by atoms with Gasteiger partial charge in [0.1, 0.15) is 0 Å². The van der Waals surface area contributed by atoms with E-state index in [1.165, 1.54) is 11.1 Å². The first-order valence-corrected chi connectivity index (χ1v) is 7.33. The van der Waals surface area contributed by atoms with Gasteiger partial charge in [-0.25, -0.2) is 0 Å². The summed E-state index contributed by atoms with van der Waals surface area (Å²) in [5.41, 5.74) is 3.68. The van der Waals surface area contributed by atoms with E-state index in [-0.39, 0.29) is 6.04 Å². The van der Waals surface area contributed by atoms with E-state index < -0.39 is 0 Å². The second kappa shape index (κ2) is 6.30. The highest BCUT2D eigenvalue weighted by Crippen LogP contribution is 2.30. The lowest BCUT2D eigenvalue weighted by atomic mass is 9.98. The first-order valence-electron chi connectivity index (χ1n) is 6.54. The highest BCUT2D eigenvalue weighted by atomic mass is 79.9. The third-order valence-electron chi connectivity index (χ3n) is 3.33. The van der Waals surface area contributed by atoms with Crippen molar-refractivity contribution in [2.45, 2.75) is 32.9 Å². The molecule has 5 heteroatoms. The molecule has 2 heterocycles. The van der Waals surface area contributed by atoms with Crippen molar-refractivity contribution in [3.8, 4) is 0 Å². The third kappa shape index (κ3) is 2.72. The van der Waals surface area contributed by atoms with Crippen molar-refractivity contribution in [2.24, 2.45) is 0 Å². The second-order valence-corrected chi connectivity index (χ2v) is 5.20. The smallest absolute Gasteiger partial charge is 0.0761 e. The highest BCUT2D eigenvalue weighted by Gasteiger charge is 2.21. The zero-order chi connectivity index (χ0) is 13.8.